The Labute approximate surface area is 144 Å². The molecule has 130 valence electrons. The van der Waals surface area contributed by atoms with Crippen LogP contribution in [0.4, 0.5) is 8.78 Å². The number of nitrogens with zero attached hydrogens (tertiary/aromatic N) is 3. The summed E-state index contributed by atoms with van der Waals surface area (Å²) in [7, 11) is 1.54. The van der Waals surface area contributed by atoms with Crippen molar-refractivity contribution in [1.82, 2.24) is 20.1 Å². The minimum atomic E-state index is -0.388. The summed E-state index contributed by atoms with van der Waals surface area (Å²) in [6, 6.07) is 9.12. The maximum atomic E-state index is 14.2. The molecular formula is C18H18F2N4O. The highest BCUT2D eigenvalue weighted by atomic mass is 19.1. The Morgan fingerprint density at radius 2 is 2.04 bits per heavy atom. The Morgan fingerprint density at radius 3 is 2.72 bits per heavy atom. The van der Waals surface area contributed by atoms with Gasteiger partial charge in [0, 0.05) is 18.2 Å². The van der Waals surface area contributed by atoms with Crippen LogP contribution in [-0.2, 0) is 6.54 Å². The minimum Gasteiger partial charge on any atom is -0.496 e. The summed E-state index contributed by atoms with van der Waals surface area (Å²) in [6.45, 7) is 2.33. The van der Waals surface area contributed by atoms with Crippen LogP contribution < -0.4 is 10.1 Å². The topological polar surface area (TPSA) is 52.0 Å². The molecule has 0 amide bonds. The van der Waals surface area contributed by atoms with Gasteiger partial charge in [0.2, 0.25) is 0 Å². The van der Waals surface area contributed by atoms with E-state index >= 15 is 0 Å². The van der Waals surface area contributed by atoms with Crippen molar-refractivity contribution < 1.29 is 13.5 Å². The average molecular weight is 344 g/mol. The molecule has 0 bridgehead atoms. The maximum absolute atomic E-state index is 14.2. The number of hydrogen-bond acceptors (Lipinski definition) is 4. The largest absolute Gasteiger partial charge is 0.496 e. The Balaban J connectivity index is 1.71. The standard InChI is InChI=1S/C18H18F2N4O/c1-12(15-8-14(19)4-6-18(15)25-2)22-9-13-3-5-17(16(20)7-13)24-11-21-10-23-24/h3-8,10-12,22H,9H2,1-2H3. The van der Waals surface area contributed by atoms with Crippen molar-refractivity contribution in [3.05, 3.63) is 71.8 Å². The third kappa shape index (κ3) is 3.83. The van der Waals surface area contributed by atoms with Gasteiger partial charge >= 0.3 is 0 Å². The Kier molecular flexibility index (Phi) is 5.04. The van der Waals surface area contributed by atoms with E-state index in [1.54, 1.807) is 19.2 Å². The van der Waals surface area contributed by atoms with Crippen molar-refractivity contribution in [2.45, 2.75) is 19.5 Å². The molecule has 1 unspecified atom stereocenters. The van der Waals surface area contributed by atoms with Crippen LogP contribution in [0.3, 0.4) is 0 Å². The lowest BCUT2D eigenvalue weighted by Crippen LogP contribution is -2.19. The van der Waals surface area contributed by atoms with Crippen molar-refractivity contribution in [2.75, 3.05) is 7.11 Å². The van der Waals surface area contributed by atoms with Gasteiger partial charge in [0.25, 0.3) is 0 Å². The molecule has 0 saturated carbocycles. The highest BCUT2D eigenvalue weighted by Crippen LogP contribution is 2.26. The lowest BCUT2D eigenvalue weighted by molar-refractivity contribution is 0.399. The van der Waals surface area contributed by atoms with E-state index in [0.717, 1.165) is 5.56 Å². The maximum Gasteiger partial charge on any atom is 0.149 e. The van der Waals surface area contributed by atoms with Gasteiger partial charge in [-0.2, -0.15) is 5.10 Å². The van der Waals surface area contributed by atoms with Gasteiger partial charge < -0.3 is 10.1 Å². The molecule has 1 aromatic heterocycles. The molecule has 0 fully saturated rings. The quantitative estimate of drug-likeness (QED) is 0.745. The predicted molar refractivity (Wildman–Crippen MR) is 89.5 cm³/mol. The number of benzene rings is 2. The van der Waals surface area contributed by atoms with Crippen LogP contribution >= 0.6 is 0 Å². The number of aromatic nitrogens is 3. The van der Waals surface area contributed by atoms with Gasteiger partial charge in [0.15, 0.2) is 0 Å². The summed E-state index contributed by atoms with van der Waals surface area (Å²) in [4.78, 5) is 3.81. The molecule has 0 saturated heterocycles. The number of ether oxygens (including phenoxy) is 1. The van der Waals surface area contributed by atoms with E-state index in [4.69, 9.17) is 4.74 Å². The van der Waals surface area contributed by atoms with Crippen LogP contribution in [0.1, 0.15) is 24.1 Å². The summed E-state index contributed by atoms with van der Waals surface area (Å²) >= 11 is 0. The second kappa shape index (κ2) is 7.40. The smallest absolute Gasteiger partial charge is 0.149 e. The molecular weight excluding hydrogens is 326 g/mol. The van der Waals surface area contributed by atoms with Gasteiger partial charge in [0.1, 0.15) is 35.7 Å². The van der Waals surface area contributed by atoms with Gasteiger partial charge in [-0.3, -0.25) is 0 Å². The second-order valence-corrected chi connectivity index (χ2v) is 5.61. The highest BCUT2D eigenvalue weighted by molar-refractivity contribution is 5.37. The molecule has 0 aliphatic carbocycles. The summed E-state index contributed by atoms with van der Waals surface area (Å²) in [5, 5.41) is 7.17. The highest BCUT2D eigenvalue weighted by Gasteiger charge is 2.13. The van der Waals surface area contributed by atoms with E-state index < -0.39 is 0 Å². The van der Waals surface area contributed by atoms with Crippen molar-refractivity contribution >= 4 is 0 Å². The molecule has 0 radical (unpaired) electrons. The number of nitrogens with one attached hydrogen (secondary N) is 1. The van der Waals surface area contributed by atoms with Gasteiger partial charge in [-0.1, -0.05) is 6.07 Å². The van der Waals surface area contributed by atoms with Crippen LogP contribution in [-0.4, -0.2) is 21.9 Å². The van der Waals surface area contributed by atoms with Crippen LogP contribution in [0.25, 0.3) is 5.69 Å². The molecule has 25 heavy (non-hydrogen) atoms. The first-order valence-electron chi connectivity index (χ1n) is 7.78. The van der Waals surface area contributed by atoms with Crippen molar-refractivity contribution in [3.63, 3.8) is 0 Å². The molecule has 7 heteroatoms. The third-order valence-electron chi connectivity index (χ3n) is 3.95. The molecule has 1 heterocycles. The first kappa shape index (κ1) is 17.0. The molecule has 1 N–H and O–H groups in total. The van der Waals surface area contributed by atoms with Crippen LogP contribution in [0.5, 0.6) is 5.75 Å². The molecule has 0 spiro atoms. The second-order valence-electron chi connectivity index (χ2n) is 5.61. The van der Waals surface area contributed by atoms with Crippen molar-refractivity contribution in [2.24, 2.45) is 0 Å². The lowest BCUT2D eigenvalue weighted by atomic mass is 10.1. The fourth-order valence-corrected chi connectivity index (χ4v) is 2.60. The lowest BCUT2D eigenvalue weighted by Gasteiger charge is -2.17. The zero-order chi connectivity index (χ0) is 17.8. The Morgan fingerprint density at radius 1 is 1.20 bits per heavy atom. The fourth-order valence-electron chi connectivity index (χ4n) is 2.60. The molecule has 2 aromatic carbocycles. The Hall–Kier alpha value is -2.80. The minimum absolute atomic E-state index is 0.163. The van der Waals surface area contributed by atoms with E-state index in [2.05, 4.69) is 15.4 Å². The first-order chi connectivity index (χ1) is 12.1. The number of hydrogen-bond donors (Lipinski definition) is 1. The molecule has 5 nitrogen and oxygen atoms in total. The van der Waals surface area contributed by atoms with E-state index in [-0.39, 0.29) is 17.7 Å². The third-order valence-corrected chi connectivity index (χ3v) is 3.95. The molecule has 0 aliphatic heterocycles. The van der Waals surface area contributed by atoms with Gasteiger partial charge in [-0.05, 0) is 42.8 Å². The summed E-state index contributed by atoms with van der Waals surface area (Å²) in [6.07, 6.45) is 2.79. The molecule has 0 aliphatic rings. The number of methoxy groups -OCH3 is 1. The van der Waals surface area contributed by atoms with E-state index in [1.165, 1.54) is 35.5 Å². The van der Waals surface area contributed by atoms with E-state index in [9.17, 15) is 8.78 Å². The van der Waals surface area contributed by atoms with Crippen molar-refractivity contribution in [3.8, 4) is 11.4 Å². The zero-order valence-corrected chi connectivity index (χ0v) is 13.9. The first-order valence-corrected chi connectivity index (χ1v) is 7.78. The van der Waals surface area contributed by atoms with E-state index in [0.29, 0.717) is 23.5 Å². The van der Waals surface area contributed by atoms with Crippen LogP contribution in [0.2, 0.25) is 0 Å². The van der Waals surface area contributed by atoms with Crippen LogP contribution in [0, 0.1) is 11.6 Å². The summed E-state index contributed by atoms with van der Waals surface area (Å²) in [5.74, 6) is -0.109. The van der Waals surface area contributed by atoms with Crippen molar-refractivity contribution in [1.29, 1.82) is 0 Å². The normalized spacial score (nSPS) is 12.2. The zero-order valence-electron chi connectivity index (χ0n) is 13.9. The Bertz CT molecular complexity index is 852. The summed E-state index contributed by atoms with van der Waals surface area (Å²) in [5.41, 5.74) is 1.81. The average Bonchev–Trinajstić information content (AvgIpc) is 3.14. The summed E-state index contributed by atoms with van der Waals surface area (Å²) < 4.78 is 34.4. The van der Waals surface area contributed by atoms with Gasteiger partial charge in [0.05, 0.1) is 7.11 Å². The number of halogens is 2. The van der Waals surface area contributed by atoms with Gasteiger partial charge in [-0.25, -0.2) is 18.4 Å². The monoisotopic (exact) mass is 344 g/mol. The van der Waals surface area contributed by atoms with E-state index in [1.807, 2.05) is 13.0 Å². The molecule has 3 rings (SSSR count). The predicted octanol–water partition coefficient (Wildman–Crippen LogP) is 3.40. The molecule has 1 atom stereocenters. The molecule has 3 aromatic rings. The van der Waals surface area contributed by atoms with Crippen LogP contribution in [0.15, 0.2) is 49.1 Å². The fraction of sp³-hybridized carbons (Fsp3) is 0.222. The van der Waals surface area contributed by atoms with Gasteiger partial charge in [-0.15, -0.1) is 0 Å². The number of rotatable bonds is 6. The SMILES string of the molecule is COc1ccc(F)cc1C(C)NCc1ccc(-n2cncn2)c(F)c1.